The third kappa shape index (κ3) is 4.96. The molecule has 152 valence electrons. The first-order valence-corrected chi connectivity index (χ1v) is 10.6. The zero-order valence-electron chi connectivity index (χ0n) is 15.8. The largest absolute Gasteiger partial charge is 0.478 e. The highest BCUT2D eigenvalue weighted by Gasteiger charge is 2.11. The second-order valence-electron chi connectivity index (χ2n) is 6.15. The number of alkyl halides is 1. The molecule has 0 aliphatic heterocycles. The van der Waals surface area contributed by atoms with Crippen molar-refractivity contribution in [2.45, 2.75) is 6.42 Å². The van der Waals surface area contributed by atoms with E-state index in [-0.39, 0.29) is 23.8 Å². The summed E-state index contributed by atoms with van der Waals surface area (Å²) in [4.78, 5) is 32.6. The van der Waals surface area contributed by atoms with Crippen LogP contribution < -0.4 is 20.9 Å². The van der Waals surface area contributed by atoms with Gasteiger partial charge in [0.05, 0.1) is 11.7 Å². The first-order chi connectivity index (χ1) is 13.9. The van der Waals surface area contributed by atoms with Gasteiger partial charge in [-0.15, -0.1) is 0 Å². The maximum absolute atomic E-state index is 12.5. The lowest BCUT2D eigenvalue weighted by Gasteiger charge is -2.12. The van der Waals surface area contributed by atoms with Crippen molar-refractivity contribution in [2.75, 3.05) is 23.4 Å². The van der Waals surface area contributed by atoms with Crippen LogP contribution in [0.5, 0.6) is 5.75 Å². The lowest BCUT2D eigenvalue weighted by molar-refractivity contribution is -0.122. The van der Waals surface area contributed by atoms with E-state index in [2.05, 4.69) is 43.2 Å². The number of carbonyl (C=O) groups is 1. The molecule has 8 nitrogen and oxygen atoms in total. The maximum Gasteiger partial charge on any atom is 0.293 e. The van der Waals surface area contributed by atoms with E-state index in [0.717, 1.165) is 27.4 Å². The number of carbonyl (C=O) groups excluding carboxylic acids is 1. The van der Waals surface area contributed by atoms with Crippen LogP contribution >= 0.6 is 34.2 Å². The molecule has 3 rings (SSSR count). The van der Waals surface area contributed by atoms with Gasteiger partial charge in [0.2, 0.25) is 0 Å². The molecule has 0 saturated carbocycles. The fourth-order valence-corrected chi connectivity index (χ4v) is 3.30. The summed E-state index contributed by atoms with van der Waals surface area (Å²) in [5.41, 5.74) is 1.16. The fraction of sp³-hybridized carbons (Fsp3) is 0.263. The minimum Gasteiger partial charge on any atom is -0.478 e. The highest BCUT2D eigenvalue weighted by Crippen LogP contribution is 2.26. The third-order valence-corrected chi connectivity index (χ3v) is 5.02. The second kappa shape index (κ2) is 9.40. The first-order valence-electron chi connectivity index (χ1n) is 8.74. The first kappa shape index (κ1) is 21.3. The van der Waals surface area contributed by atoms with E-state index >= 15 is 0 Å². The van der Waals surface area contributed by atoms with Crippen molar-refractivity contribution in [2.24, 2.45) is 7.05 Å². The summed E-state index contributed by atoms with van der Waals surface area (Å²) >= 11 is 8.50. The summed E-state index contributed by atoms with van der Waals surface area (Å²) in [6, 6.07) is 7.14. The topological polar surface area (TPSA) is 98.1 Å². The average molecular weight is 528 g/mol. The van der Waals surface area contributed by atoms with Crippen molar-refractivity contribution >= 4 is 62.5 Å². The molecule has 0 unspecified atom stereocenters. The van der Waals surface area contributed by atoms with E-state index in [9.17, 15) is 9.59 Å². The molecule has 1 amide bonds. The Morgan fingerprint density at radius 3 is 2.86 bits per heavy atom. The standard InChI is InChI=1S/C19H19ClIN5O3/c1-22-17(27)10-29-15-8-11-7-12(3-4-14(11)26(2)19(15)28)24-18-13(20)9-23-16(25-18)5-6-21/h3-4,7-9H,5-6,10H2,1-2H3,(H,22,27)(H,23,24,25). The number of hydrogen-bond donors (Lipinski definition) is 2. The molecule has 0 bridgehead atoms. The number of rotatable bonds is 7. The Labute approximate surface area is 185 Å². The molecule has 0 saturated heterocycles. The van der Waals surface area contributed by atoms with Crippen molar-refractivity contribution in [3.63, 3.8) is 0 Å². The number of halogens is 2. The van der Waals surface area contributed by atoms with Crippen LogP contribution in [0.1, 0.15) is 5.82 Å². The van der Waals surface area contributed by atoms with Gasteiger partial charge >= 0.3 is 0 Å². The van der Waals surface area contributed by atoms with Gasteiger partial charge in [-0.2, -0.15) is 0 Å². The molecule has 0 spiro atoms. The number of aryl methyl sites for hydroxylation is 2. The Balaban J connectivity index is 1.95. The van der Waals surface area contributed by atoms with Gasteiger partial charge in [-0.3, -0.25) is 9.59 Å². The molecule has 0 aliphatic carbocycles. The summed E-state index contributed by atoms with van der Waals surface area (Å²) < 4.78 is 7.78. The highest BCUT2D eigenvalue weighted by molar-refractivity contribution is 14.1. The zero-order valence-corrected chi connectivity index (χ0v) is 18.7. The Kier molecular flexibility index (Phi) is 6.91. The second-order valence-corrected chi connectivity index (χ2v) is 7.64. The Bertz CT molecular complexity index is 1120. The maximum atomic E-state index is 12.5. The van der Waals surface area contributed by atoms with Crippen LogP contribution in [0.25, 0.3) is 10.9 Å². The quantitative estimate of drug-likeness (QED) is 0.362. The average Bonchev–Trinajstić information content (AvgIpc) is 2.72. The smallest absolute Gasteiger partial charge is 0.293 e. The van der Waals surface area contributed by atoms with Crippen molar-refractivity contribution in [3.8, 4) is 5.75 Å². The van der Waals surface area contributed by atoms with E-state index in [4.69, 9.17) is 16.3 Å². The number of anilines is 2. The molecular formula is C19H19ClIN5O3. The van der Waals surface area contributed by atoms with E-state index in [1.807, 2.05) is 18.2 Å². The molecule has 29 heavy (non-hydrogen) atoms. The molecule has 10 heteroatoms. The Hall–Kier alpha value is -2.40. The molecular weight excluding hydrogens is 509 g/mol. The molecule has 0 atom stereocenters. The number of nitrogens with zero attached hydrogens (tertiary/aromatic N) is 3. The summed E-state index contributed by atoms with van der Waals surface area (Å²) in [6.45, 7) is -0.231. The predicted octanol–water partition coefficient (Wildman–Crippen LogP) is 2.83. The van der Waals surface area contributed by atoms with E-state index < -0.39 is 0 Å². The van der Waals surface area contributed by atoms with Crippen molar-refractivity contribution < 1.29 is 9.53 Å². The lowest BCUT2D eigenvalue weighted by Crippen LogP contribution is -2.27. The number of ether oxygens (including phenoxy) is 1. The molecule has 3 aromatic rings. The molecule has 2 heterocycles. The van der Waals surface area contributed by atoms with Crippen molar-refractivity contribution in [1.29, 1.82) is 0 Å². The van der Waals surface area contributed by atoms with Gasteiger partial charge in [0, 0.05) is 36.0 Å². The number of fused-ring (bicyclic) bond motifs is 1. The fourth-order valence-electron chi connectivity index (χ4n) is 2.68. The number of nitrogens with one attached hydrogen (secondary N) is 2. The van der Waals surface area contributed by atoms with E-state index in [0.29, 0.717) is 16.7 Å². The van der Waals surface area contributed by atoms with Gasteiger partial charge in [0.15, 0.2) is 18.2 Å². The van der Waals surface area contributed by atoms with Crippen LogP contribution in [0.2, 0.25) is 5.02 Å². The van der Waals surface area contributed by atoms with Gasteiger partial charge in [0.1, 0.15) is 10.8 Å². The molecule has 0 fully saturated rings. The number of benzene rings is 1. The van der Waals surface area contributed by atoms with Gasteiger partial charge < -0.3 is 19.9 Å². The van der Waals surface area contributed by atoms with Crippen LogP contribution in [-0.4, -0.2) is 38.5 Å². The number of likely N-dealkylation sites (N-methyl/N-ethyl adjacent to an activating group) is 1. The predicted molar refractivity (Wildman–Crippen MR) is 122 cm³/mol. The number of amides is 1. The number of aromatic nitrogens is 3. The zero-order chi connectivity index (χ0) is 21.0. The van der Waals surface area contributed by atoms with Crippen LogP contribution in [0.3, 0.4) is 0 Å². The van der Waals surface area contributed by atoms with Gasteiger partial charge in [-0.1, -0.05) is 34.2 Å². The van der Waals surface area contributed by atoms with Crippen LogP contribution in [0.15, 0.2) is 35.3 Å². The van der Waals surface area contributed by atoms with Crippen molar-refractivity contribution in [3.05, 3.63) is 51.7 Å². The van der Waals surface area contributed by atoms with Crippen LogP contribution in [0.4, 0.5) is 11.5 Å². The minimum absolute atomic E-state index is 0.102. The third-order valence-electron chi connectivity index (χ3n) is 4.20. The number of hydrogen-bond acceptors (Lipinski definition) is 6. The lowest BCUT2D eigenvalue weighted by atomic mass is 10.2. The normalized spacial score (nSPS) is 10.8. The summed E-state index contributed by atoms with van der Waals surface area (Å²) in [6.07, 6.45) is 2.33. The van der Waals surface area contributed by atoms with Gasteiger partial charge in [-0.25, -0.2) is 9.97 Å². The molecule has 0 radical (unpaired) electrons. The van der Waals surface area contributed by atoms with Crippen molar-refractivity contribution in [1.82, 2.24) is 19.9 Å². The SMILES string of the molecule is CNC(=O)COc1cc2cc(Nc3nc(CCI)ncc3Cl)ccc2n(C)c1=O. The summed E-state index contributed by atoms with van der Waals surface area (Å²) in [7, 11) is 3.16. The van der Waals surface area contributed by atoms with E-state index in [1.165, 1.54) is 11.6 Å². The molecule has 2 aromatic heterocycles. The number of pyridine rings is 1. The summed E-state index contributed by atoms with van der Waals surface area (Å²) in [5, 5.41) is 6.83. The summed E-state index contributed by atoms with van der Waals surface area (Å²) in [5.74, 6) is 1.01. The van der Waals surface area contributed by atoms with E-state index in [1.54, 1.807) is 19.3 Å². The molecule has 0 aliphatic rings. The van der Waals surface area contributed by atoms with Crippen LogP contribution in [-0.2, 0) is 18.3 Å². The Morgan fingerprint density at radius 2 is 2.14 bits per heavy atom. The monoisotopic (exact) mass is 527 g/mol. The van der Waals surface area contributed by atoms with Gasteiger partial charge in [0.25, 0.3) is 11.5 Å². The molecule has 2 N–H and O–H groups in total. The Morgan fingerprint density at radius 1 is 1.34 bits per heavy atom. The highest BCUT2D eigenvalue weighted by atomic mass is 127. The van der Waals surface area contributed by atoms with Gasteiger partial charge in [-0.05, 0) is 24.3 Å². The molecule has 1 aromatic carbocycles. The van der Waals surface area contributed by atoms with Crippen LogP contribution in [0, 0.1) is 0 Å². The minimum atomic E-state index is -0.316.